The Hall–Kier alpha value is -1.79. The first-order valence-corrected chi connectivity index (χ1v) is 7.65. The highest BCUT2D eigenvalue weighted by molar-refractivity contribution is 6.42. The largest absolute Gasteiger partial charge is 0.338 e. The fourth-order valence-corrected chi connectivity index (χ4v) is 2.21. The van der Waals surface area contributed by atoms with Gasteiger partial charge in [-0.3, -0.25) is 4.68 Å². The molecule has 0 aliphatic carbocycles. The van der Waals surface area contributed by atoms with Crippen LogP contribution in [0.3, 0.4) is 0 Å². The van der Waals surface area contributed by atoms with Crippen molar-refractivity contribution in [2.75, 3.05) is 6.54 Å². The molecule has 22 heavy (non-hydrogen) atoms. The van der Waals surface area contributed by atoms with Gasteiger partial charge in [-0.2, -0.15) is 0 Å². The van der Waals surface area contributed by atoms with E-state index >= 15 is 0 Å². The highest BCUT2D eigenvalue weighted by Crippen LogP contribution is 2.25. The maximum atomic E-state index is 11.8. The van der Waals surface area contributed by atoms with Crippen LogP contribution in [0.4, 0.5) is 4.79 Å². The van der Waals surface area contributed by atoms with E-state index in [0.717, 1.165) is 12.0 Å². The van der Waals surface area contributed by atoms with Crippen molar-refractivity contribution in [1.82, 2.24) is 25.6 Å². The normalized spacial score (nSPS) is 12.0. The molecule has 1 heterocycles. The number of hydrogen-bond acceptors (Lipinski definition) is 3. The third-order valence-corrected chi connectivity index (χ3v) is 3.85. The van der Waals surface area contributed by atoms with Crippen molar-refractivity contribution in [2.24, 2.45) is 0 Å². The Morgan fingerprint density at radius 2 is 2.18 bits per heavy atom. The molecule has 8 heteroatoms. The minimum Gasteiger partial charge on any atom is -0.338 e. The number of carbonyl (C=O) groups excluding carboxylic acids is 1. The van der Waals surface area contributed by atoms with E-state index in [9.17, 15) is 4.79 Å². The quantitative estimate of drug-likeness (QED) is 0.793. The Bertz CT molecular complexity index is 618. The molecule has 2 rings (SSSR count). The van der Waals surface area contributed by atoms with Gasteiger partial charge in [-0.25, -0.2) is 4.79 Å². The van der Waals surface area contributed by atoms with Crippen molar-refractivity contribution >= 4 is 29.2 Å². The van der Waals surface area contributed by atoms with Gasteiger partial charge in [0.15, 0.2) is 0 Å². The van der Waals surface area contributed by atoms with Crippen LogP contribution in [0.1, 0.15) is 24.9 Å². The number of halogens is 2. The second kappa shape index (κ2) is 8.00. The van der Waals surface area contributed by atoms with Crippen molar-refractivity contribution in [3.63, 3.8) is 0 Å². The lowest BCUT2D eigenvalue weighted by atomic mass is 10.1. The number of rotatable bonds is 6. The van der Waals surface area contributed by atoms with Gasteiger partial charge in [0.25, 0.3) is 0 Å². The van der Waals surface area contributed by atoms with E-state index in [2.05, 4.69) is 20.9 Å². The third-order valence-electron chi connectivity index (χ3n) is 3.11. The van der Waals surface area contributed by atoms with Crippen molar-refractivity contribution in [2.45, 2.75) is 25.9 Å². The summed E-state index contributed by atoms with van der Waals surface area (Å²) in [6.07, 6.45) is 4.18. The summed E-state index contributed by atoms with van der Waals surface area (Å²) in [7, 11) is 0. The number of aromatic nitrogens is 3. The summed E-state index contributed by atoms with van der Waals surface area (Å²) in [5.74, 6) is 0. The summed E-state index contributed by atoms with van der Waals surface area (Å²) in [5, 5.41) is 14.2. The molecule has 6 nitrogen and oxygen atoms in total. The van der Waals surface area contributed by atoms with E-state index in [4.69, 9.17) is 23.2 Å². The van der Waals surface area contributed by atoms with Gasteiger partial charge < -0.3 is 10.6 Å². The van der Waals surface area contributed by atoms with Gasteiger partial charge in [0, 0.05) is 19.3 Å². The van der Waals surface area contributed by atoms with Crippen LogP contribution in [0.15, 0.2) is 30.6 Å². The van der Waals surface area contributed by atoms with E-state index in [1.807, 2.05) is 13.0 Å². The summed E-state index contributed by atoms with van der Waals surface area (Å²) in [5.41, 5.74) is 0.896. The van der Waals surface area contributed by atoms with Crippen molar-refractivity contribution in [1.29, 1.82) is 0 Å². The number of nitrogens with one attached hydrogen (secondary N) is 2. The summed E-state index contributed by atoms with van der Waals surface area (Å²) in [4.78, 5) is 11.8. The van der Waals surface area contributed by atoms with Crippen LogP contribution in [-0.2, 0) is 6.54 Å². The first kappa shape index (κ1) is 16.6. The zero-order valence-electron chi connectivity index (χ0n) is 12.1. The monoisotopic (exact) mass is 341 g/mol. The fraction of sp³-hybridized carbons (Fsp3) is 0.357. The average Bonchev–Trinajstić information content (AvgIpc) is 2.99. The standard InChI is InChI=1S/C14H17Cl2N5O/c1-10(11-3-4-12(15)13(16)9-11)19-14(22)17-5-2-7-21-8-6-18-20-21/h3-4,6,8-10H,2,5,7H2,1H3,(H2,17,19,22). The molecule has 0 spiro atoms. The molecule has 0 radical (unpaired) electrons. The number of aryl methyl sites for hydroxylation is 1. The van der Waals surface area contributed by atoms with E-state index in [1.165, 1.54) is 0 Å². The molecule has 0 saturated heterocycles. The van der Waals surface area contributed by atoms with E-state index in [1.54, 1.807) is 29.2 Å². The zero-order valence-corrected chi connectivity index (χ0v) is 13.6. The summed E-state index contributed by atoms with van der Waals surface area (Å²) in [6, 6.07) is 4.92. The molecule has 1 aromatic carbocycles. The number of benzene rings is 1. The Morgan fingerprint density at radius 1 is 1.36 bits per heavy atom. The summed E-state index contributed by atoms with van der Waals surface area (Å²) in [6.45, 7) is 3.15. The van der Waals surface area contributed by atoms with Crippen molar-refractivity contribution < 1.29 is 4.79 Å². The van der Waals surface area contributed by atoms with Gasteiger partial charge in [0.1, 0.15) is 0 Å². The molecule has 1 unspecified atom stereocenters. The maximum Gasteiger partial charge on any atom is 0.315 e. The van der Waals surface area contributed by atoms with E-state index in [0.29, 0.717) is 23.1 Å². The summed E-state index contributed by atoms with van der Waals surface area (Å²) >= 11 is 11.8. The number of carbonyl (C=O) groups is 1. The van der Waals surface area contributed by atoms with Gasteiger partial charge in [-0.1, -0.05) is 34.5 Å². The molecule has 0 aliphatic heterocycles. The topological polar surface area (TPSA) is 71.8 Å². The van der Waals surface area contributed by atoms with Crippen LogP contribution in [0.2, 0.25) is 10.0 Å². The summed E-state index contributed by atoms with van der Waals surface area (Å²) < 4.78 is 1.72. The number of hydrogen-bond donors (Lipinski definition) is 2. The van der Waals surface area contributed by atoms with E-state index < -0.39 is 0 Å². The van der Waals surface area contributed by atoms with Gasteiger partial charge in [-0.05, 0) is 31.0 Å². The van der Waals surface area contributed by atoms with Gasteiger partial charge in [-0.15, -0.1) is 5.10 Å². The highest BCUT2D eigenvalue weighted by Gasteiger charge is 2.10. The second-order valence-electron chi connectivity index (χ2n) is 4.82. The smallest absolute Gasteiger partial charge is 0.315 e. The fourth-order valence-electron chi connectivity index (χ4n) is 1.91. The van der Waals surface area contributed by atoms with Gasteiger partial charge >= 0.3 is 6.03 Å². The molecule has 0 saturated carbocycles. The molecular formula is C14H17Cl2N5O. The van der Waals surface area contributed by atoms with Crippen LogP contribution in [0, 0.1) is 0 Å². The van der Waals surface area contributed by atoms with Crippen molar-refractivity contribution in [3.05, 3.63) is 46.2 Å². The van der Waals surface area contributed by atoms with Crippen molar-refractivity contribution in [3.8, 4) is 0 Å². The number of urea groups is 1. The molecule has 118 valence electrons. The minimum absolute atomic E-state index is 0.162. The zero-order chi connectivity index (χ0) is 15.9. The Labute approximate surface area is 138 Å². The second-order valence-corrected chi connectivity index (χ2v) is 5.63. The third kappa shape index (κ3) is 4.89. The Morgan fingerprint density at radius 3 is 2.86 bits per heavy atom. The lowest BCUT2D eigenvalue weighted by molar-refractivity contribution is 0.237. The molecule has 2 N–H and O–H groups in total. The predicted molar refractivity (Wildman–Crippen MR) is 86.1 cm³/mol. The highest BCUT2D eigenvalue weighted by atomic mass is 35.5. The number of nitrogens with zero attached hydrogens (tertiary/aromatic N) is 3. The van der Waals surface area contributed by atoms with E-state index in [-0.39, 0.29) is 12.1 Å². The SMILES string of the molecule is CC(NC(=O)NCCCn1ccnn1)c1ccc(Cl)c(Cl)c1. The lowest BCUT2D eigenvalue weighted by Crippen LogP contribution is -2.37. The predicted octanol–water partition coefficient (Wildman–Crippen LogP) is 3.04. The molecule has 2 aromatic rings. The lowest BCUT2D eigenvalue weighted by Gasteiger charge is -2.15. The minimum atomic E-state index is -0.225. The molecular weight excluding hydrogens is 325 g/mol. The first-order chi connectivity index (χ1) is 10.6. The number of amides is 2. The van der Waals surface area contributed by atoms with Crippen LogP contribution in [0.5, 0.6) is 0 Å². The maximum absolute atomic E-state index is 11.8. The molecule has 0 aliphatic rings. The molecule has 0 bridgehead atoms. The van der Waals surface area contributed by atoms with Crippen LogP contribution in [0.25, 0.3) is 0 Å². The first-order valence-electron chi connectivity index (χ1n) is 6.89. The molecule has 0 fully saturated rings. The molecule has 1 atom stereocenters. The van der Waals surface area contributed by atoms with Crippen LogP contribution >= 0.6 is 23.2 Å². The van der Waals surface area contributed by atoms with Crippen LogP contribution in [-0.4, -0.2) is 27.6 Å². The van der Waals surface area contributed by atoms with Gasteiger partial charge in [0.05, 0.1) is 22.3 Å². The molecule has 1 aromatic heterocycles. The Kier molecular flexibility index (Phi) is 6.03. The Balaban J connectivity index is 1.72. The molecule has 2 amide bonds. The average molecular weight is 342 g/mol. The van der Waals surface area contributed by atoms with Crippen LogP contribution < -0.4 is 10.6 Å². The van der Waals surface area contributed by atoms with Gasteiger partial charge in [0.2, 0.25) is 0 Å².